The lowest BCUT2D eigenvalue weighted by molar-refractivity contribution is -0.174. The van der Waals surface area contributed by atoms with Gasteiger partial charge in [0, 0.05) is 11.1 Å². The maximum absolute atomic E-state index is 12.8. The first-order valence-corrected chi connectivity index (χ1v) is 5.50. The Morgan fingerprint density at radius 1 is 1.33 bits per heavy atom. The summed E-state index contributed by atoms with van der Waals surface area (Å²) in [6, 6.07) is 3.15. The topological polar surface area (TPSA) is 35.2 Å². The quantitative estimate of drug-likeness (QED) is 0.844. The molecular weight excluding hydrogens is 274 g/mol. The maximum Gasteiger partial charge on any atom is 0.411 e. The van der Waals surface area contributed by atoms with Crippen molar-refractivity contribution < 1.29 is 22.3 Å². The predicted molar refractivity (Wildman–Crippen MR) is 60.0 cm³/mol. The number of hydrogen-bond donors (Lipinski definition) is 1. The highest BCUT2D eigenvalue weighted by Gasteiger charge is 2.27. The van der Waals surface area contributed by atoms with Crippen LogP contribution in [0.15, 0.2) is 18.2 Å². The third kappa shape index (κ3) is 5.66. The predicted octanol–water partition coefficient (Wildman–Crippen LogP) is 2.93. The van der Waals surface area contributed by atoms with Gasteiger partial charge in [0.1, 0.15) is 12.4 Å². The van der Waals surface area contributed by atoms with Gasteiger partial charge in [0.15, 0.2) is 0 Å². The van der Waals surface area contributed by atoms with E-state index in [4.69, 9.17) is 17.3 Å². The van der Waals surface area contributed by atoms with Gasteiger partial charge in [-0.25, -0.2) is 4.39 Å². The van der Waals surface area contributed by atoms with Crippen molar-refractivity contribution in [3.63, 3.8) is 0 Å². The Labute approximate surface area is 107 Å². The monoisotopic (exact) mass is 285 g/mol. The molecule has 18 heavy (non-hydrogen) atoms. The highest BCUT2D eigenvalue weighted by Crippen LogP contribution is 2.19. The van der Waals surface area contributed by atoms with Crippen molar-refractivity contribution in [1.29, 1.82) is 0 Å². The standard InChI is InChI=1S/C11H12ClF4NO/c12-10-4-8(13)2-1-7(10)3-9(17)5-18-6-11(14,15)16/h1-2,4,9H,3,5-6,17H2. The van der Waals surface area contributed by atoms with Gasteiger partial charge in [-0.1, -0.05) is 17.7 Å². The molecule has 0 bridgehead atoms. The Balaban J connectivity index is 2.42. The first-order chi connectivity index (χ1) is 8.28. The second-order valence-electron chi connectivity index (χ2n) is 3.83. The third-order valence-corrected chi connectivity index (χ3v) is 2.45. The van der Waals surface area contributed by atoms with Gasteiger partial charge in [-0.15, -0.1) is 0 Å². The number of alkyl halides is 3. The minimum atomic E-state index is -4.37. The molecular formula is C11H12ClF4NO. The highest BCUT2D eigenvalue weighted by atomic mass is 35.5. The Bertz CT molecular complexity index is 397. The molecule has 0 aromatic heterocycles. The van der Waals surface area contributed by atoms with E-state index in [1.807, 2.05) is 0 Å². The molecule has 0 spiro atoms. The summed E-state index contributed by atoms with van der Waals surface area (Å²) in [5, 5.41) is 0.196. The van der Waals surface area contributed by atoms with Crippen LogP contribution in [0, 0.1) is 5.82 Å². The van der Waals surface area contributed by atoms with Crippen LogP contribution in [0.3, 0.4) is 0 Å². The molecule has 1 unspecified atom stereocenters. The van der Waals surface area contributed by atoms with Crippen molar-refractivity contribution in [2.45, 2.75) is 18.6 Å². The van der Waals surface area contributed by atoms with E-state index in [9.17, 15) is 17.6 Å². The maximum atomic E-state index is 12.8. The fourth-order valence-electron chi connectivity index (χ4n) is 1.35. The Kier molecular flexibility index (Phi) is 5.37. The number of nitrogens with two attached hydrogens (primary N) is 1. The van der Waals surface area contributed by atoms with Gasteiger partial charge < -0.3 is 10.5 Å². The summed E-state index contributed by atoms with van der Waals surface area (Å²) in [7, 11) is 0. The van der Waals surface area contributed by atoms with Crippen LogP contribution in [-0.4, -0.2) is 25.4 Å². The van der Waals surface area contributed by atoms with Crippen LogP contribution in [0.25, 0.3) is 0 Å². The lowest BCUT2D eigenvalue weighted by Crippen LogP contribution is -2.31. The van der Waals surface area contributed by atoms with E-state index in [2.05, 4.69) is 4.74 Å². The minimum Gasteiger partial charge on any atom is -0.370 e. The molecule has 0 aliphatic carbocycles. The zero-order valence-electron chi connectivity index (χ0n) is 9.31. The smallest absolute Gasteiger partial charge is 0.370 e. The van der Waals surface area contributed by atoms with Gasteiger partial charge in [-0.2, -0.15) is 13.2 Å². The summed E-state index contributed by atoms with van der Waals surface area (Å²) < 4.78 is 52.6. The van der Waals surface area contributed by atoms with Crippen molar-refractivity contribution in [2.24, 2.45) is 5.73 Å². The van der Waals surface area contributed by atoms with Crippen molar-refractivity contribution in [1.82, 2.24) is 0 Å². The van der Waals surface area contributed by atoms with Crippen molar-refractivity contribution >= 4 is 11.6 Å². The van der Waals surface area contributed by atoms with Gasteiger partial charge in [0.25, 0.3) is 0 Å². The van der Waals surface area contributed by atoms with Gasteiger partial charge in [0.2, 0.25) is 0 Å². The Hall–Kier alpha value is -0.850. The Morgan fingerprint density at radius 2 is 2.00 bits per heavy atom. The molecule has 0 fully saturated rings. The fourth-order valence-corrected chi connectivity index (χ4v) is 1.60. The van der Waals surface area contributed by atoms with Crippen LogP contribution in [0.1, 0.15) is 5.56 Å². The summed E-state index contributed by atoms with van der Waals surface area (Å²) in [5.74, 6) is -0.481. The normalized spacial score (nSPS) is 13.7. The van der Waals surface area contributed by atoms with Gasteiger partial charge in [0.05, 0.1) is 6.61 Å². The first-order valence-electron chi connectivity index (χ1n) is 5.12. The van der Waals surface area contributed by atoms with Gasteiger partial charge in [-0.05, 0) is 24.1 Å². The number of hydrogen-bond acceptors (Lipinski definition) is 2. The molecule has 1 aromatic carbocycles. The van der Waals surface area contributed by atoms with Crippen LogP contribution in [0.5, 0.6) is 0 Å². The number of rotatable bonds is 5. The molecule has 0 amide bonds. The lowest BCUT2D eigenvalue weighted by Gasteiger charge is -2.14. The van der Waals surface area contributed by atoms with Gasteiger partial charge in [-0.3, -0.25) is 0 Å². The molecule has 1 atom stereocenters. The van der Waals surface area contributed by atoms with E-state index in [0.717, 1.165) is 6.07 Å². The summed E-state index contributed by atoms with van der Waals surface area (Å²) in [6.07, 6.45) is -4.15. The average Bonchev–Trinajstić information content (AvgIpc) is 2.20. The fraction of sp³-hybridized carbons (Fsp3) is 0.455. The van der Waals surface area contributed by atoms with E-state index in [1.165, 1.54) is 12.1 Å². The van der Waals surface area contributed by atoms with E-state index >= 15 is 0 Å². The molecule has 0 heterocycles. The summed E-state index contributed by atoms with van der Waals surface area (Å²) in [6.45, 7) is -1.58. The van der Waals surface area contributed by atoms with Crippen LogP contribution in [-0.2, 0) is 11.2 Å². The molecule has 0 aliphatic heterocycles. The third-order valence-electron chi connectivity index (χ3n) is 2.09. The van der Waals surface area contributed by atoms with E-state index in [1.54, 1.807) is 0 Å². The van der Waals surface area contributed by atoms with Gasteiger partial charge >= 0.3 is 6.18 Å². The van der Waals surface area contributed by atoms with E-state index < -0.39 is 24.6 Å². The average molecular weight is 286 g/mol. The molecule has 1 aromatic rings. The highest BCUT2D eigenvalue weighted by molar-refractivity contribution is 6.31. The van der Waals surface area contributed by atoms with Crippen molar-refractivity contribution in [3.8, 4) is 0 Å². The van der Waals surface area contributed by atoms with E-state index in [-0.39, 0.29) is 18.1 Å². The molecule has 1 rings (SSSR count). The molecule has 102 valence electrons. The van der Waals surface area contributed by atoms with Crippen molar-refractivity contribution in [2.75, 3.05) is 13.2 Å². The first kappa shape index (κ1) is 15.2. The summed E-state index contributed by atoms with van der Waals surface area (Å²) in [5.41, 5.74) is 6.17. The van der Waals surface area contributed by atoms with Crippen LogP contribution in [0.2, 0.25) is 5.02 Å². The largest absolute Gasteiger partial charge is 0.411 e. The zero-order valence-corrected chi connectivity index (χ0v) is 10.1. The molecule has 0 aliphatic rings. The molecule has 0 saturated carbocycles. The summed E-state index contributed by atoms with van der Waals surface area (Å²) in [4.78, 5) is 0. The second-order valence-corrected chi connectivity index (χ2v) is 4.24. The summed E-state index contributed by atoms with van der Waals surface area (Å²) >= 11 is 5.76. The van der Waals surface area contributed by atoms with Crippen molar-refractivity contribution in [3.05, 3.63) is 34.6 Å². The molecule has 0 saturated heterocycles. The Morgan fingerprint density at radius 3 is 2.56 bits per heavy atom. The molecule has 7 heteroatoms. The zero-order chi connectivity index (χ0) is 13.8. The van der Waals surface area contributed by atoms with E-state index in [0.29, 0.717) is 5.56 Å². The number of halogens is 5. The minimum absolute atomic E-state index is 0.196. The molecule has 0 radical (unpaired) electrons. The molecule has 2 nitrogen and oxygen atoms in total. The lowest BCUT2D eigenvalue weighted by atomic mass is 10.1. The number of ether oxygens (including phenoxy) is 1. The number of benzene rings is 1. The van der Waals surface area contributed by atoms with Crippen LogP contribution < -0.4 is 5.73 Å². The van der Waals surface area contributed by atoms with Crippen LogP contribution >= 0.6 is 11.6 Å². The van der Waals surface area contributed by atoms with Crippen LogP contribution in [0.4, 0.5) is 17.6 Å². The second kappa shape index (κ2) is 6.36. The molecule has 2 N–H and O–H groups in total. The SMILES string of the molecule is NC(COCC(F)(F)F)Cc1ccc(F)cc1Cl.